The van der Waals surface area contributed by atoms with E-state index in [1.54, 1.807) is 0 Å². The molecule has 5 nitrogen and oxygen atoms in total. The number of nitrogens with one attached hydrogen (secondary N) is 1. The zero-order valence-corrected chi connectivity index (χ0v) is 14.1. The first kappa shape index (κ1) is 16.1. The lowest BCUT2D eigenvalue weighted by Gasteiger charge is -2.26. The fourth-order valence-electron chi connectivity index (χ4n) is 3.43. The largest absolute Gasteiger partial charge is 0.489 e. The van der Waals surface area contributed by atoms with Gasteiger partial charge >= 0.3 is 0 Å². The van der Waals surface area contributed by atoms with Gasteiger partial charge in [-0.05, 0) is 31.9 Å². The molecular weight excluding hydrogens is 290 g/mol. The Morgan fingerprint density at radius 3 is 2.91 bits per heavy atom. The molecule has 2 aliphatic heterocycles. The maximum atomic E-state index is 5.91. The number of benzene rings is 1. The first-order valence-corrected chi connectivity index (χ1v) is 8.46. The van der Waals surface area contributed by atoms with Crippen LogP contribution in [0.5, 0.6) is 5.75 Å². The van der Waals surface area contributed by atoms with Gasteiger partial charge in [-0.1, -0.05) is 18.2 Å². The highest BCUT2D eigenvalue weighted by molar-refractivity contribution is 5.80. The van der Waals surface area contributed by atoms with Crippen LogP contribution in [0.3, 0.4) is 0 Å². The summed E-state index contributed by atoms with van der Waals surface area (Å²) in [6.07, 6.45) is 2.46. The third-order valence-corrected chi connectivity index (χ3v) is 4.76. The van der Waals surface area contributed by atoms with E-state index in [1.807, 2.05) is 37.4 Å². The molecule has 126 valence electrons. The Hall–Kier alpha value is -1.75. The summed E-state index contributed by atoms with van der Waals surface area (Å²) in [5, 5.41) is 3.45. The summed E-state index contributed by atoms with van der Waals surface area (Å²) in [6.45, 7) is 6.71. The van der Waals surface area contributed by atoms with E-state index >= 15 is 0 Å². The minimum atomic E-state index is 0.0838. The first-order valence-electron chi connectivity index (χ1n) is 8.46. The maximum Gasteiger partial charge on any atom is 0.193 e. The van der Waals surface area contributed by atoms with Crippen LogP contribution in [0, 0.1) is 5.41 Å². The van der Waals surface area contributed by atoms with Gasteiger partial charge < -0.3 is 19.7 Å². The normalized spacial score (nSPS) is 25.8. The fourth-order valence-corrected chi connectivity index (χ4v) is 3.43. The van der Waals surface area contributed by atoms with Gasteiger partial charge in [0.15, 0.2) is 5.96 Å². The third kappa shape index (κ3) is 3.96. The average molecular weight is 317 g/mol. The summed E-state index contributed by atoms with van der Waals surface area (Å²) in [5.74, 6) is 1.87. The van der Waals surface area contributed by atoms with Crippen LogP contribution >= 0.6 is 0 Å². The van der Waals surface area contributed by atoms with E-state index < -0.39 is 0 Å². The van der Waals surface area contributed by atoms with Gasteiger partial charge in [0, 0.05) is 32.2 Å². The molecule has 1 aromatic carbocycles. The van der Waals surface area contributed by atoms with Gasteiger partial charge in [0.05, 0.1) is 13.2 Å². The lowest BCUT2D eigenvalue weighted by Crippen LogP contribution is -2.44. The van der Waals surface area contributed by atoms with Gasteiger partial charge in [0.1, 0.15) is 11.9 Å². The molecule has 3 rings (SSSR count). The predicted octanol–water partition coefficient (Wildman–Crippen LogP) is 2.14. The van der Waals surface area contributed by atoms with Crippen molar-refractivity contribution in [1.82, 2.24) is 10.2 Å². The van der Waals surface area contributed by atoms with Crippen molar-refractivity contribution < 1.29 is 9.47 Å². The van der Waals surface area contributed by atoms with E-state index in [-0.39, 0.29) is 6.10 Å². The van der Waals surface area contributed by atoms with Gasteiger partial charge in [-0.15, -0.1) is 0 Å². The molecule has 0 saturated carbocycles. The van der Waals surface area contributed by atoms with Gasteiger partial charge in [-0.2, -0.15) is 0 Å². The molecule has 0 radical (unpaired) electrons. The summed E-state index contributed by atoms with van der Waals surface area (Å²) in [4.78, 5) is 6.79. The van der Waals surface area contributed by atoms with E-state index in [2.05, 4.69) is 22.1 Å². The minimum Gasteiger partial charge on any atom is -0.489 e. The molecule has 0 bridgehead atoms. The van der Waals surface area contributed by atoms with E-state index in [9.17, 15) is 0 Å². The fraction of sp³-hybridized carbons (Fsp3) is 0.611. The molecular formula is C18H27N3O2. The Bertz CT molecular complexity index is 526. The lowest BCUT2D eigenvalue weighted by atomic mass is 9.87. The smallest absolute Gasteiger partial charge is 0.193 e. The molecule has 1 N–H and O–H groups in total. The number of ether oxygens (including phenoxy) is 2. The van der Waals surface area contributed by atoms with E-state index in [1.165, 1.54) is 12.8 Å². The van der Waals surface area contributed by atoms with E-state index in [0.717, 1.165) is 44.6 Å². The molecule has 2 atom stereocenters. The molecule has 2 heterocycles. The van der Waals surface area contributed by atoms with Crippen LogP contribution in [0.4, 0.5) is 0 Å². The third-order valence-electron chi connectivity index (χ3n) is 4.76. The van der Waals surface area contributed by atoms with Crippen LogP contribution in [0.1, 0.15) is 19.8 Å². The molecule has 1 aromatic rings. The van der Waals surface area contributed by atoms with E-state index in [0.29, 0.717) is 5.41 Å². The topological polar surface area (TPSA) is 46.1 Å². The summed E-state index contributed by atoms with van der Waals surface area (Å²) in [7, 11) is 1.85. The molecule has 1 spiro atoms. The monoisotopic (exact) mass is 317 g/mol. The van der Waals surface area contributed by atoms with Crippen molar-refractivity contribution in [1.29, 1.82) is 0 Å². The zero-order valence-electron chi connectivity index (χ0n) is 14.1. The standard InChI is InChI=1S/C18H27N3O2/c1-15(23-16-6-4-3-5-7-16)12-20-17(19-2)21-10-8-18(13-21)9-11-22-14-18/h3-7,15H,8-14H2,1-2H3,(H,19,20). The van der Waals surface area contributed by atoms with Gasteiger partial charge in [0.2, 0.25) is 0 Å². The molecule has 2 saturated heterocycles. The number of hydrogen-bond donors (Lipinski definition) is 1. The maximum absolute atomic E-state index is 5.91. The number of guanidine groups is 1. The molecule has 23 heavy (non-hydrogen) atoms. The average Bonchev–Trinajstić information content (AvgIpc) is 3.20. The lowest BCUT2D eigenvalue weighted by molar-refractivity contribution is 0.156. The van der Waals surface area contributed by atoms with Crippen LogP contribution in [0.15, 0.2) is 35.3 Å². The van der Waals surface area contributed by atoms with Gasteiger partial charge in [-0.3, -0.25) is 4.99 Å². The summed E-state index contributed by atoms with van der Waals surface area (Å²) in [6, 6.07) is 9.93. The van der Waals surface area contributed by atoms with Crippen molar-refractivity contribution in [3.8, 4) is 5.75 Å². The summed E-state index contributed by atoms with van der Waals surface area (Å²) < 4.78 is 11.5. The van der Waals surface area contributed by atoms with Crippen molar-refractivity contribution in [2.24, 2.45) is 10.4 Å². The highest BCUT2D eigenvalue weighted by Gasteiger charge is 2.42. The molecule has 2 aliphatic rings. The number of para-hydroxylation sites is 1. The highest BCUT2D eigenvalue weighted by Crippen LogP contribution is 2.38. The van der Waals surface area contributed by atoms with Gasteiger partial charge in [-0.25, -0.2) is 0 Å². The SMILES string of the molecule is CN=C(NCC(C)Oc1ccccc1)N1CCC2(CCOC2)C1. The van der Waals surface area contributed by atoms with Crippen molar-refractivity contribution in [2.75, 3.05) is 39.9 Å². The van der Waals surface area contributed by atoms with Crippen LogP contribution < -0.4 is 10.1 Å². The second-order valence-electron chi connectivity index (χ2n) is 6.64. The van der Waals surface area contributed by atoms with Crippen molar-refractivity contribution in [2.45, 2.75) is 25.9 Å². The van der Waals surface area contributed by atoms with Crippen LogP contribution in [0.25, 0.3) is 0 Å². The number of hydrogen-bond acceptors (Lipinski definition) is 3. The number of nitrogens with zero attached hydrogens (tertiary/aromatic N) is 2. The number of rotatable bonds is 4. The van der Waals surface area contributed by atoms with Crippen molar-refractivity contribution in [3.63, 3.8) is 0 Å². The Kier molecular flexibility index (Phi) is 5.06. The Balaban J connectivity index is 1.48. The molecule has 0 amide bonds. The number of likely N-dealkylation sites (tertiary alicyclic amines) is 1. The Morgan fingerprint density at radius 2 is 2.22 bits per heavy atom. The molecule has 0 aromatic heterocycles. The van der Waals surface area contributed by atoms with Crippen LogP contribution in [0.2, 0.25) is 0 Å². The zero-order chi connectivity index (χ0) is 16.1. The van der Waals surface area contributed by atoms with Crippen molar-refractivity contribution >= 4 is 5.96 Å². The predicted molar refractivity (Wildman–Crippen MR) is 92.0 cm³/mol. The second kappa shape index (κ2) is 7.21. The van der Waals surface area contributed by atoms with E-state index in [4.69, 9.17) is 9.47 Å². The number of aliphatic imine (C=N–C) groups is 1. The summed E-state index contributed by atoms with van der Waals surface area (Å²) in [5.41, 5.74) is 0.351. The molecule has 2 unspecified atom stereocenters. The Labute approximate surface area is 138 Å². The van der Waals surface area contributed by atoms with Gasteiger partial charge in [0.25, 0.3) is 0 Å². The second-order valence-corrected chi connectivity index (χ2v) is 6.64. The summed E-state index contributed by atoms with van der Waals surface area (Å²) >= 11 is 0. The van der Waals surface area contributed by atoms with Crippen molar-refractivity contribution in [3.05, 3.63) is 30.3 Å². The Morgan fingerprint density at radius 1 is 1.39 bits per heavy atom. The first-order chi connectivity index (χ1) is 11.2. The van der Waals surface area contributed by atoms with Crippen LogP contribution in [-0.2, 0) is 4.74 Å². The minimum absolute atomic E-state index is 0.0838. The molecule has 2 fully saturated rings. The van der Waals surface area contributed by atoms with Crippen LogP contribution in [-0.4, -0.2) is 56.9 Å². The molecule has 5 heteroatoms. The quantitative estimate of drug-likeness (QED) is 0.683. The molecule has 0 aliphatic carbocycles. The highest BCUT2D eigenvalue weighted by atomic mass is 16.5.